The highest BCUT2D eigenvalue weighted by molar-refractivity contribution is 5.46. The Morgan fingerprint density at radius 3 is 2.50 bits per heavy atom. The van der Waals surface area contributed by atoms with Gasteiger partial charge in [0.1, 0.15) is 17.3 Å². The van der Waals surface area contributed by atoms with Gasteiger partial charge in [-0.15, -0.1) is 0 Å². The Kier molecular flexibility index (Phi) is 4.40. The van der Waals surface area contributed by atoms with Crippen LogP contribution in [0.2, 0.25) is 0 Å². The first-order chi connectivity index (χ1) is 9.51. The number of rotatable bonds is 4. The summed E-state index contributed by atoms with van der Waals surface area (Å²) in [4.78, 5) is 0. The van der Waals surface area contributed by atoms with Crippen molar-refractivity contribution in [3.05, 3.63) is 58.4 Å². The molecular weight excluding hydrogens is 253 g/mol. The van der Waals surface area contributed by atoms with Crippen molar-refractivity contribution in [3.63, 3.8) is 0 Å². The molecule has 2 nitrogen and oxygen atoms in total. The Bertz CT molecular complexity index is 623. The van der Waals surface area contributed by atoms with Gasteiger partial charge in [0.15, 0.2) is 0 Å². The molecule has 0 fully saturated rings. The van der Waals surface area contributed by atoms with Crippen molar-refractivity contribution in [2.45, 2.75) is 27.3 Å². The van der Waals surface area contributed by atoms with E-state index in [9.17, 15) is 4.39 Å². The molecule has 0 aliphatic rings. The van der Waals surface area contributed by atoms with E-state index in [1.807, 2.05) is 27.0 Å². The average Bonchev–Trinajstić information content (AvgIpc) is 2.38. The number of ether oxygens (including phenoxy) is 1. The molecule has 2 aromatic rings. The van der Waals surface area contributed by atoms with E-state index in [2.05, 4.69) is 18.3 Å². The summed E-state index contributed by atoms with van der Waals surface area (Å²) in [5.41, 5.74) is 4.26. The molecule has 0 aliphatic carbocycles. The predicted molar refractivity (Wildman–Crippen MR) is 79.9 cm³/mol. The van der Waals surface area contributed by atoms with Gasteiger partial charge in [-0.3, -0.25) is 0 Å². The summed E-state index contributed by atoms with van der Waals surface area (Å²) in [7, 11) is 1.83. The van der Waals surface area contributed by atoms with Gasteiger partial charge in [-0.1, -0.05) is 6.07 Å². The first-order valence-corrected chi connectivity index (χ1v) is 6.70. The van der Waals surface area contributed by atoms with Crippen LogP contribution in [0.15, 0.2) is 30.3 Å². The molecule has 2 rings (SSSR count). The third kappa shape index (κ3) is 3.17. The fraction of sp³-hybridized carbons (Fsp3) is 0.294. The molecule has 0 heterocycles. The summed E-state index contributed by atoms with van der Waals surface area (Å²) in [5.74, 6) is 1.26. The van der Waals surface area contributed by atoms with Gasteiger partial charge in [0.2, 0.25) is 0 Å². The van der Waals surface area contributed by atoms with Gasteiger partial charge < -0.3 is 10.1 Å². The Hall–Kier alpha value is -1.87. The molecule has 0 aromatic heterocycles. The average molecular weight is 273 g/mol. The summed E-state index contributed by atoms with van der Waals surface area (Å²) >= 11 is 0. The summed E-state index contributed by atoms with van der Waals surface area (Å²) in [5, 5.41) is 3.03. The number of hydrogen-bond donors (Lipinski definition) is 1. The molecule has 0 aliphatic heterocycles. The lowest BCUT2D eigenvalue weighted by molar-refractivity contribution is 0.467. The van der Waals surface area contributed by atoms with Crippen LogP contribution in [0.25, 0.3) is 0 Å². The lowest BCUT2D eigenvalue weighted by atomic mass is 10.1. The topological polar surface area (TPSA) is 21.3 Å². The quantitative estimate of drug-likeness (QED) is 0.898. The van der Waals surface area contributed by atoms with Crippen LogP contribution in [-0.4, -0.2) is 7.05 Å². The molecule has 0 saturated carbocycles. The van der Waals surface area contributed by atoms with Gasteiger partial charge in [0.25, 0.3) is 0 Å². The highest BCUT2D eigenvalue weighted by atomic mass is 19.1. The van der Waals surface area contributed by atoms with Crippen LogP contribution < -0.4 is 10.1 Å². The van der Waals surface area contributed by atoms with E-state index in [-0.39, 0.29) is 5.82 Å². The van der Waals surface area contributed by atoms with Crippen molar-refractivity contribution >= 4 is 0 Å². The highest BCUT2D eigenvalue weighted by Crippen LogP contribution is 2.31. The molecule has 2 aromatic carbocycles. The molecule has 20 heavy (non-hydrogen) atoms. The van der Waals surface area contributed by atoms with Crippen LogP contribution in [0.5, 0.6) is 11.5 Å². The Morgan fingerprint density at radius 2 is 1.80 bits per heavy atom. The summed E-state index contributed by atoms with van der Waals surface area (Å²) in [6, 6.07) is 8.74. The summed E-state index contributed by atoms with van der Waals surface area (Å²) in [6.07, 6.45) is 0. The van der Waals surface area contributed by atoms with Crippen LogP contribution in [0, 0.1) is 26.6 Å². The van der Waals surface area contributed by atoms with Gasteiger partial charge in [0.05, 0.1) is 0 Å². The van der Waals surface area contributed by atoms with E-state index in [1.54, 1.807) is 6.07 Å². The van der Waals surface area contributed by atoms with Crippen molar-refractivity contribution in [2.24, 2.45) is 0 Å². The van der Waals surface area contributed by atoms with Crippen LogP contribution in [0.4, 0.5) is 4.39 Å². The fourth-order valence-electron chi connectivity index (χ4n) is 2.20. The smallest absolute Gasteiger partial charge is 0.132 e. The molecule has 0 unspecified atom stereocenters. The molecule has 3 heteroatoms. The largest absolute Gasteiger partial charge is 0.457 e. The third-order valence-corrected chi connectivity index (χ3v) is 3.37. The molecule has 0 atom stereocenters. The number of halogens is 1. The van der Waals surface area contributed by atoms with Crippen molar-refractivity contribution in [2.75, 3.05) is 7.05 Å². The molecule has 0 saturated heterocycles. The van der Waals surface area contributed by atoms with Gasteiger partial charge in [-0.2, -0.15) is 0 Å². The van der Waals surface area contributed by atoms with Crippen LogP contribution in [0.1, 0.15) is 22.3 Å². The number of nitrogens with one attached hydrogen (secondary N) is 1. The fourth-order valence-corrected chi connectivity index (χ4v) is 2.20. The lowest BCUT2D eigenvalue weighted by Gasteiger charge is -2.15. The van der Waals surface area contributed by atoms with Gasteiger partial charge in [-0.05, 0) is 68.8 Å². The van der Waals surface area contributed by atoms with E-state index >= 15 is 0 Å². The van der Waals surface area contributed by atoms with Gasteiger partial charge >= 0.3 is 0 Å². The maximum atomic E-state index is 13.3. The zero-order chi connectivity index (χ0) is 14.7. The lowest BCUT2D eigenvalue weighted by Crippen LogP contribution is -2.07. The van der Waals surface area contributed by atoms with Crippen LogP contribution >= 0.6 is 0 Å². The highest BCUT2D eigenvalue weighted by Gasteiger charge is 2.09. The van der Waals surface area contributed by atoms with Crippen molar-refractivity contribution in [1.82, 2.24) is 5.32 Å². The second-order valence-electron chi connectivity index (χ2n) is 5.09. The van der Waals surface area contributed by atoms with Crippen molar-refractivity contribution < 1.29 is 9.13 Å². The van der Waals surface area contributed by atoms with Crippen molar-refractivity contribution in [3.8, 4) is 11.5 Å². The zero-order valence-corrected chi connectivity index (χ0v) is 12.4. The second kappa shape index (κ2) is 6.06. The second-order valence-corrected chi connectivity index (χ2v) is 5.09. The van der Waals surface area contributed by atoms with E-state index in [1.165, 1.54) is 17.7 Å². The monoisotopic (exact) mass is 273 g/mol. The molecule has 0 bridgehead atoms. The maximum absolute atomic E-state index is 13.3. The first-order valence-electron chi connectivity index (χ1n) is 6.70. The van der Waals surface area contributed by atoms with Gasteiger partial charge in [0, 0.05) is 12.1 Å². The van der Waals surface area contributed by atoms with Crippen molar-refractivity contribution in [1.29, 1.82) is 0 Å². The van der Waals surface area contributed by atoms with E-state index < -0.39 is 0 Å². The minimum Gasteiger partial charge on any atom is -0.457 e. The minimum atomic E-state index is -0.250. The SMILES string of the molecule is CNCc1cc(F)ccc1Oc1cc(C)cc(C)c1C. The molecule has 106 valence electrons. The number of aryl methyl sites for hydroxylation is 2. The molecule has 0 spiro atoms. The van der Waals surface area contributed by atoms with E-state index in [0.29, 0.717) is 12.3 Å². The Morgan fingerprint density at radius 1 is 1.05 bits per heavy atom. The maximum Gasteiger partial charge on any atom is 0.132 e. The van der Waals surface area contributed by atoms with Crippen LogP contribution in [-0.2, 0) is 6.54 Å². The number of hydrogen-bond acceptors (Lipinski definition) is 2. The molecular formula is C17H20FNO. The third-order valence-electron chi connectivity index (χ3n) is 3.37. The predicted octanol–water partition coefficient (Wildman–Crippen LogP) is 4.26. The standard InChI is InChI=1S/C17H20FNO/c1-11-7-12(2)13(3)17(8-11)20-16-6-5-15(18)9-14(16)10-19-4/h5-9,19H,10H2,1-4H3. The minimum absolute atomic E-state index is 0.250. The zero-order valence-electron chi connectivity index (χ0n) is 12.4. The van der Waals surface area contributed by atoms with E-state index in [4.69, 9.17) is 4.74 Å². The molecule has 0 amide bonds. The first kappa shape index (κ1) is 14.5. The number of benzene rings is 2. The Labute approximate surface area is 119 Å². The van der Waals surface area contributed by atoms with Gasteiger partial charge in [-0.25, -0.2) is 4.39 Å². The summed E-state index contributed by atoms with van der Waals surface area (Å²) < 4.78 is 19.3. The summed E-state index contributed by atoms with van der Waals surface area (Å²) in [6.45, 7) is 6.70. The van der Waals surface area contributed by atoms with Crippen LogP contribution in [0.3, 0.4) is 0 Å². The molecule has 0 radical (unpaired) electrons. The Balaban J connectivity index is 2.39. The van der Waals surface area contributed by atoms with E-state index in [0.717, 1.165) is 22.4 Å². The molecule has 1 N–H and O–H groups in total. The normalized spacial score (nSPS) is 10.7.